The van der Waals surface area contributed by atoms with Gasteiger partial charge in [-0.15, -0.1) is 0 Å². The number of nitrogens with zero attached hydrogens (tertiary/aromatic N) is 5. The molecule has 152 valence electrons. The maximum absolute atomic E-state index is 11.8. The second-order valence-corrected chi connectivity index (χ2v) is 8.60. The number of benzene rings is 1. The van der Waals surface area contributed by atoms with Gasteiger partial charge < -0.3 is 10.1 Å². The summed E-state index contributed by atoms with van der Waals surface area (Å²) in [6.07, 6.45) is 5.20. The van der Waals surface area contributed by atoms with Crippen molar-refractivity contribution in [2.45, 2.75) is 26.1 Å². The zero-order valence-electron chi connectivity index (χ0n) is 16.5. The highest BCUT2D eigenvalue weighted by Gasteiger charge is 2.28. The van der Waals surface area contributed by atoms with E-state index >= 15 is 0 Å². The summed E-state index contributed by atoms with van der Waals surface area (Å²) in [6, 6.07) is 6.19. The first-order chi connectivity index (χ1) is 14.6. The number of imidazole rings is 1. The lowest BCUT2D eigenvalue weighted by molar-refractivity contribution is 0.0535. The highest BCUT2D eigenvalue weighted by Crippen LogP contribution is 2.30. The predicted molar refractivity (Wildman–Crippen MR) is 110 cm³/mol. The van der Waals surface area contributed by atoms with Crippen molar-refractivity contribution in [3.8, 4) is 11.2 Å². The van der Waals surface area contributed by atoms with Gasteiger partial charge >= 0.3 is 5.97 Å². The van der Waals surface area contributed by atoms with Gasteiger partial charge in [-0.2, -0.15) is 5.26 Å². The molecule has 30 heavy (non-hydrogen) atoms. The van der Waals surface area contributed by atoms with E-state index in [2.05, 4.69) is 33.2 Å². The maximum atomic E-state index is 11.8. The molecular formula is C21H20N6O2S. The molecule has 3 aromatic rings. The molecule has 0 amide bonds. The first kappa shape index (κ1) is 18.9. The number of thiazole rings is 1. The van der Waals surface area contributed by atoms with E-state index in [0.29, 0.717) is 17.9 Å². The summed E-state index contributed by atoms with van der Waals surface area (Å²) in [5.74, 6) is -0.223. The van der Waals surface area contributed by atoms with Gasteiger partial charge in [0.15, 0.2) is 10.8 Å². The third-order valence-electron chi connectivity index (χ3n) is 5.68. The second kappa shape index (κ2) is 7.65. The van der Waals surface area contributed by atoms with Crippen LogP contribution < -0.4 is 5.32 Å². The van der Waals surface area contributed by atoms with Crippen LogP contribution in [0.3, 0.4) is 0 Å². The Morgan fingerprint density at radius 1 is 1.40 bits per heavy atom. The van der Waals surface area contributed by atoms with Gasteiger partial charge in [0.05, 0.1) is 5.56 Å². The van der Waals surface area contributed by atoms with Crippen molar-refractivity contribution in [3.05, 3.63) is 63.7 Å². The molecule has 9 heteroatoms. The Bertz CT molecular complexity index is 1160. The number of piperazine rings is 1. The van der Waals surface area contributed by atoms with Crippen LogP contribution in [0.15, 0.2) is 30.9 Å². The first-order valence-corrected chi connectivity index (χ1v) is 10.6. The highest BCUT2D eigenvalue weighted by molar-refractivity contribution is 7.14. The lowest BCUT2D eigenvalue weighted by Gasteiger charge is -2.34. The minimum Gasteiger partial charge on any atom is -0.457 e. The quantitative estimate of drug-likeness (QED) is 0.647. The summed E-state index contributed by atoms with van der Waals surface area (Å²) in [6.45, 7) is 6.00. The van der Waals surface area contributed by atoms with E-state index in [-0.39, 0.29) is 12.0 Å². The average molecular weight is 420 g/mol. The number of aromatic nitrogens is 3. The molecular weight excluding hydrogens is 400 g/mol. The summed E-state index contributed by atoms with van der Waals surface area (Å²) >= 11 is 1.61. The number of hydrogen-bond acceptors (Lipinski definition) is 8. The Morgan fingerprint density at radius 2 is 2.30 bits per heavy atom. The van der Waals surface area contributed by atoms with Crippen LogP contribution in [-0.2, 0) is 17.9 Å². The average Bonchev–Trinajstić information content (AvgIpc) is 3.49. The van der Waals surface area contributed by atoms with Crippen LogP contribution in [0.5, 0.6) is 0 Å². The SMILES string of the molecule is Cc1c([C@@H]2CN(Cc3cnc(-n4cnc(C#N)c4)s3)CCN2)ccc2c1COC2=O. The molecule has 0 saturated carbocycles. The molecule has 1 aromatic carbocycles. The van der Waals surface area contributed by atoms with E-state index in [1.807, 2.05) is 18.3 Å². The Morgan fingerprint density at radius 3 is 3.13 bits per heavy atom. The van der Waals surface area contributed by atoms with Crippen LogP contribution in [-0.4, -0.2) is 45.0 Å². The number of esters is 1. The molecule has 0 aliphatic carbocycles. The van der Waals surface area contributed by atoms with Crippen molar-refractivity contribution < 1.29 is 9.53 Å². The Hall–Kier alpha value is -3.06. The van der Waals surface area contributed by atoms with Crippen LogP contribution in [0.4, 0.5) is 0 Å². The molecule has 2 aliphatic rings. The summed E-state index contributed by atoms with van der Waals surface area (Å²) < 4.78 is 6.98. The van der Waals surface area contributed by atoms with Crippen LogP contribution in [0.25, 0.3) is 5.13 Å². The molecule has 1 atom stereocenters. The van der Waals surface area contributed by atoms with Gasteiger partial charge in [-0.05, 0) is 24.1 Å². The van der Waals surface area contributed by atoms with Crippen molar-refractivity contribution in [2.24, 2.45) is 0 Å². The van der Waals surface area contributed by atoms with E-state index in [9.17, 15) is 4.79 Å². The summed E-state index contributed by atoms with van der Waals surface area (Å²) in [5, 5.41) is 13.4. The van der Waals surface area contributed by atoms with Crippen LogP contribution >= 0.6 is 11.3 Å². The fourth-order valence-corrected chi connectivity index (χ4v) is 5.00. The van der Waals surface area contributed by atoms with Gasteiger partial charge in [0.1, 0.15) is 19.0 Å². The van der Waals surface area contributed by atoms with Crippen molar-refractivity contribution in [1.82, 2.24) is 24.8 Å². The number of rotatable bonds is 4. The van der Waals surface area contributed by atoms with Crippen molar-refractivity contribution in [1.29, 1.82) is 5.26 Å². The van der Waals surface area contributed by atoms with Gasteiger partial charge in [0, 0.05) is 55.1 Å². The summed E-state index contributed by atoms with van der Waals surface area (Å²) in [5.41, 5.74) is 4.46. The van der Waals surface area contributed by atoms with Gasteiger partial charge in [-0.3, -0.25) is 9.47 Å². The molecule has 0 bridgehead atoms. The standard InChI is InChI=1S/C21H20N6O2S/c1-13-16(2-3-17-18(13)11-29-20(17)28)19-10-26(5-4-23-19)9-15-7-24-21(30-15)27-8-14(6-22)25-12-27/h2-3,7-8,12,19,23H,4-5,9-11H2,1H3/t19-/m0/s1. The fourth-order valence-electron chi connectivity index (χ4n) is 4.10. The molecule has 1 saturated heterocycles. The zero-order valence-corrected chi connectivity index (χ0v) is 17.3. The topological polar surface area (TPSA) is 96.1 Å². The highest BCUT2D eigenvalue weighted by atomic mass is 32.1. The third-order valence-corrected chi connectivity index (χ3v) is 6.68. The van der Waals surface area contributed by atoms with Crippen LogP contribution in [0.1, 0.15) is 43.7 Å². The number of hydrogen-bond donors (Lipinski definition) is 1. The number of ether oxygens (including phenoxy) is 1. The number of fused-ring (bicyclic) bond motifs is 1. The van der Waals surface area contributed by atoms with E-state index in [1.54, 1.807) is 28.4 Å². The maximum Gasteiger partial charge on any atom is 0.338 e. The van der Waals surface area contributed by atoms with Crippen molar-refractivity contribution in [2.75, 3.05) is 19.6 Å². The number of nitrogens with one attached hydrogen (secondary N) is 1. The molecule has 1 fully saturated rings. The lowest BCUT2D eigenvalue weighted by Crippen LogP contribution is -2.45. The Balaban J connectivity index is 1.30. The molecule has 0 unspecified atom stereocenters. The smallest absolute Gasteiger partial charge is 0.338 e. The summed E-state index contributed by atoms with van der Waals surface area (Å²) in [7, 11) is 0. The largest absolute Gasteiger partial charge is 0.457 e. The van der Waals surface area contributed by atoms with E-state index < -0.39 is 0 Å². The van der Waals surface area contributed by atoms with E-state index in [0.717, 1.165) is 42.4 Å². The molecule has 1 N–H and O–H groups in total. The molecule has 2 aliphatic heterocycles. The van der Waals surface area contributed by atoms with Crippen molar-refractivity contribution >= 4 is 17.3 Å². The predicted octanol–water partition coefficient (Wildman–Crippen LogP) is 2.33. The number of cyclic esters (lactones) is 1. The molecule has 8 nitrogen and oxygen atoms in total. The van der Waals surface area contributed by atoms with Crippen molar-refractivity contribution in [3.63, 3.8) is 0 Å². The number of carbonyl (C=O) groups is 1. The molecule has 4 heterocycles. The molecule has 2 aromatic heterocycles. The minimum absolute atomic E-state index is 0.207. The Labute approximate surface area is 177 Å². The number of carbonyl (C=O) groups excluding carboxylic acids is 1. The molecule has 0 radical (unpaired) electrons. The van der Waals surface area contributed by atoms with Crippen LogP contribution in [0, 0.1) is 18.3 Å². The number of nitriles is 1. The van der Waals surface area contributed by atoms with Crippen LogP contribution in [0.2, 0.25) is 0 Å². The lowest BCUT2D eigenvalue weighted by atomic mass is 9.93. The zero-order chi connectivity index (χ0) is 20.7. The van der Waals surface area contributed by atoms with Gasteiger partial charge in [0.25, 0.3) is 0 Å². The molecule has 5 rings (SSSR count). The second-order valence-electron chi connectivity index (χ2n) is 7.51. The van der Waals surface area contributed by atoms with E-state index in [1.165, 1.54) is 10.4 Å². The monoisotopic (exact) mass is 420 g/mol. The fraction of sp³-hybridized carbons (Fsp3) is 0.333. The minimum atomic E-state index is -0.223. The Kier molecular flexibility index (Phi) is 4.83. The summed E-state index contributed by atoms with van der Waals surface area (Å²) in [4.78, 5) is 23.9. The van der Waals surface area contributed by atoms with E-state index in [4.69, 9.17) is 10.00 Å². The van der Waals surface area contributed by atoms with Gasteiger partial charge in [-0.25, -0.2) is 14.8 Å². The van der Waals surface area contributed by atoms with Gasteiger partial charge in [0.2, 0.25) is 0 Å². The molecule has 0 spiro atoms. The first-order valence-electron chi connectivity index (χ1n) is 9.77. The third kappa shape index (κ3) is 3.39. The normalized spacial score (nSPS) is 18.8. The van der Waals surface area contributed by atoms with Gasteiger partial charge in [-0.1, -0.05) is 17.4 Å².